The van der Waals surface area contributed by atoms with E-state index in [-0.39, 0.29) is 0 Å². The summed E-state index contributed by atoms with van der Waals surface area (Å²) >= 11 is 12.6. The first-order valence-electron chi connectivity index (χ1n) is 9.73. The molecular weight excluding hydrogens is 403 g/mol. The fourth-order valence-electron chi connectivity index (χ4n) is 3.54. The molecule has 1 N–H and O–H groups in total. The van der Waals surface area contributed by atoms with Gasteiger partial charge in [0.25, 0.3) is 0 Å². The van der Waals surface area contributed by atoms with Gasteiger partial charge in [0, 0.05) is 18.3 Å². The van der Waals surface area contributed by atoms with Gasteiger partial charge < -0.3 is 14.6 Å². The van der Waals surface area contributed by atoms with Gasteiger partial charge in [-0.3, -0.25) is 0 Å². The molecule has 4 rings (SSSR count). The highest BCUT2D eigenvalue weighted by Crippen LogP contribution is 2.32. The smallest absolute Gasteiger partial charge is 0.0950 e. The quantitative estimate of drug-likeness (QED) is 0.395. The van der Waals surface area contributed by atoms with Crippen LogP contribution in [0.25, 0.3) is 27.8 Å². The van der Waals surface area contributed by atoms with E-state index >= 15 is 0 Å². The molecule has 4 aromatic rings. The van der Waals surface area contributed by atoms with Crippen LogP contribution in [0.15, 0.2) is 54.7 Å². The molecule has 0 spiro atoms. The lowest BCUT2D eigenvalue weighted by molar-refractivity contribution is 0.394. The highest BCUT2D eigenvalue weighted by molar-refractivity contribution is 6.42. The Morgan fingerprint density at radius 1 is 1.00 bits per heavy atom. The maximum absolute atomic E-state index is 6.31. The molecule has 2 aromatic carbocycles. The second kappa shape index (κ2) is 8.72. The van der Waals surface area contributed by atoms with Crippen LogP contribution < -0.4 is 5.32 Å². The van der Waals surface area contributed by atoms with E-state index in [2.05, 4.69) is 53.1 Å². The molecule has 2 heterocycles. The Balaban J connectivity index is 1.75. The predicted molar refractivity (Wildman–Crippen MR) is 123 cm³/mol. The lowest BCUT2D eigenvalue weighted by atomic mass is 10.1. The lowest BCUT2D eigenvalue weighted by Crippen LogP contribution is -2.20. The first-order chi connectivity index (χ1) is 14.0. The van der Waals surface area contributed by atoms with E-state index in [0.717, 1.165) is 53.9 Å². The number of fused-ring (bicyclic) bond motifs is 3. The van der Waals surface area contributed by atoms with Crippen molar-refractivity contribution in [2.75, 3.05) is 27.2 Å². The van der Waals surface area contributed by atoms with Gasteiger partial charge in [0.2, 0.25) is 0 Å². The molecule has 0 unspecified atom stereocenters. The van der Waals surface area contributed by atoms with Crippen LogP contribution in [0.2, 0.25) is 10.0 Å². The van der Waals surface area contributed by atoms with Crippen molar-refractivity contribution in [3.8, 4) is 11.3 Å². The summed E-state index contributed by atoms with van der Waals surface area (Å²) in [5, 5.41) is 4.59. The number of hydrogen-bond donors (Lipinski definition) is 1. The van der Waals surface area contributed by atoms with Crippen LogP contribution in [-0.2, 0) is 6.54 Å². The van der Waals surface area contributed by atoms with Crippen molar-refractivity contribution in [3.63, 3.8) is 0 Å². The van der Waals surface area contributed by atoms with Crippen molar-refractivity contribution in [1.29, 1.82) is 0 Å². The van der Waals surface area contributed by atoms with E-state index in [0.29, 0.717) is 10.0 Å². The first kappa shape index (κ1) is 20.2. The normalized spacial score (nSPS) is 11.8. The molecule has 6 heteroatoms. The van der Waals surface area contributed by atoms with Crippen molar-refractivity contribution < 1.29 is 0 Å². The zero-order valence-electron chi connectivity index (χ0n) is 16.6. The molecule has 4 nitrogen and oxygen atoms in total. The number of nitrogens with zero attached hydrogens (tertiary/aromatic N) is 3. The summed E-state index contributed by atoms with van der Waals surface area (Å²) in [4.78, 5) is 7.13. The summed E-state index contributed by atoms with van der Waals surface area (Å²) < 4.78 is 2.17. The molecule has 0 amide bonds. The van der Waals surface area contributed by atoms with E-state index in [4.69, 9.17) is 28.2 Å². The van der Waals surface area contributed by atoms with Gasteiger partial charge in [0.1, 0.15) is 0 Å². The Morgan fingerprint density at radius 3 is 2.52 bits per heavy atom. The van der Waals surface area contributed by atoms with Gasteiger partial charge in [-0.25, -0.2) is 4.98 Å². The van der Waals surface area contributed by atoms with Gasteiger partial charge in [0.05, 0.1) is 32.3 Å². The molecule has 0 atom stereocenters. The Morgan fingerprint density at radius 2 is 1.76 bits per heavy atom. The molecule has 0 aliphatic heterocycles. The maximum atomic E-state index is 6.31. The molecule has 150 valence electrons. The molecule has 0 fully saturated rings. The molecule has 0 radical (unpaired) electrons. The van der Waals surface area contributed by atoms with Crippen LogP contribution in [-0.4, -0.2) is 41.5 Å². The highest BCUT2D eigenvalue weighted by Gasteiger charge is 2.14. The second-order valence-corrected chi connectivity index (χ2v) is 8.33. The standard InChI is InChI=1S/C23H24Cl2N4/c1-28(2)10-6-9-26-14-16-11-22-23(17-7-4-3-5-8-17)27-20-12-18(24)19(25)13-21(20)29(22)15-16/h3-5,7-8,11-13,15,26H,6,9-10,14H2,1-2H3. The van der Waals surface area contributed by atoms with Crippen LogP contribution in [0.3, 0.4) is 0 Å². The molecule has 29 heavy (non-hydrogen) atoms. The third kappa shape index (κ3) is 4.41. The minimum absolute atomic E-state index is 0.514. The molecule has 2 aromatic heterocycles. The van der Waals surface area contributed by atoms with Crippen LogP contribution in [0.4, 0.5) is 0 Å². The molecule has 0 aliphatic rings. The molecule has 0 saturated carbocycles. The zero-order valence-corrected chi connectivity index (χ0v) is 18.1. The van der Waals surface area contributed by atoms with E-state index < -0.39 is 0 Å². The van der Waals surface area contributed by atoms with Crippen molar-refractivity contribution in [3.05, 3.63) is 70.3 Å². The summed E-state index contributed by atoms with van der Waals surface area (Å²) in [7, 11) is 4.20. The monoisotopic (exact) mass is 426 g/mol. The summed E-state index contributed by atoms with van der Waals surface area (Å²) in [6.07, 6.45) is 3.28. The Labute approximate surface area is 181 Å². The topological polar surface area (TPSA) is 32.6 Å². The maximum Gasteiger partial charge on any atom is 0.0950 e. The third-order valence-corrected chi connectivity index (χ3v) is 5.69. The van der Waals surface area contributed by atoms with Crippen molar-refractivity contribution in [2.45, 2.75) is 13.0 Å². The zero-order chi connectivity index (χ0) is 20.4. The Hall–Kier alpha value is -2.11. The average Bonchev–Trinajstić information content (AvgIpc) is 3.13. The lowest BCUT2D eigenvalue weighted by Gasteiger charge is -2.09. The van der Waals surface area contributed by atoms with Gasteiger partial charge in [0.15, 0.2) is 0 Å². The number of benzene rings is 2. The summed E-state index contributed by atoms with van der Waals surface area (Å²) in [5.74, 6) is 0. The van der Waals surface area contributed by atoms with Crippen LogP contribution in [0, 0.1) is 0 Å². The van der Waals surface area contributed by atoms with E-state index in [1.807, 2.05) is 30.3 Å². The SMILES string of the molecule is CN(C)CCCNCc1cc2c(-c3ccccc3)nc3cc(Cl)c(Cl)cc3n2c1. The number of nitrogens with one attached hydrogen (secondary N) is 1. The first-order valence-corrected chi connectivity index (χ1v) is 10.5. The fraction of sp³-hybridized carbons (Fsp3) is 0.261. The van der Waals surface area contributed by atoms with Crippen molar-refractivity contribution in [1.82, 2.24) is 19.6 Å². The van der Waals surface area contributed by atoms with Gasteiger partial charge in [-0.05, 0) is 57.4 Å². The number of halogens is 2. The molecular formula is C23H24Cl2N4. The van der Waals surface area contributed by atoms with E-state index in [1.54, 1.807) is 0 Å². The Bertz CT molecular complexity index is 1140. The van der Waals surface area contributed by atoms with Crippen molar-refractivity contribution >= 4 is 39.8 Å². The van der Waals surface area contributed by atoms with Gasteiger partial charge in [-0.1, -0.05) is 53.5 Å². The summed E-state index contributed by atoms with van der Waals surface area (Å²) in [5.41, 5.74) is 6.07. The molecule has 0 bridgehead atoms. The molecule has 0 aliphatic carbocycles. The van der Waals surface area contributed by atoms with Crippen LogP contribution >= 0.6 is 23.2 Å². The Kier molecular flexibility index (Phi) is 6.07. The summed E-state index contributed by atoms with van der Waals surface area (Å²) in [6.45, 7) is 2.87. The van der Waals surface area contributed by atoms with Crippen LogP contribution in [0.5, 0.6) is 0 Å². The van der Waals surface area contributed by atoms with Gasteiger partial charge >= 0.3 is 0 Å². The van der Waals surface area contributed by atoms with E-state index in [1.165, 1.54) is 5.56 Å². The highest BCUT2D eigenvalue weighted by atomic mass is 35.5. The number of hydrogen-bond acceptors (Lipinski definition) is 3. The molecule has 0 saturated heterocycles. The number of rotatable bonds is 7. The van der Waals surface area contributed by atoms with Gasteiger partial charge in [-0.15, -0.1) is 0 Å². The van der Waals surface area contributed by atoms with Crippen molar-refractivity contribution in [2.24, 2.45) is 0 Å². The van der Waals surface area contributed by atoms with E-state index in [9.17, 15) is 0 Å². The number of aromatic nitrogens is 2. The second-order valence-electron chi connectivity index (χ2n) is 7.52. The fourth-order valence-corrected chi connectivity index (χ4v) is 3.86. The van der Waals surface area contributed by atoms with Crippen LogP contribution in [0.1, 0.15) is 12.0 Å². The predicted octanol–water partition coefficient (Wildman–Crippen LogP) is 5.50. The van der Waals surface area contributed by atoms with Gasteiger partial charge in [-0.2, -0.15) is 0 Å². The summed E-state index contributed by atoms with van der Waals surface area (Å²) in [6, 6.07) is 16.2. The minimum Gasteiger partial charge on any atom is -0.313 e. The third-order valence-electron chi connectivity index (χ3n) is 4.96. The largest absolute Gasteiger partial charge is 0.313 e. The minimum atomic E-state index is 0.514. The average molecular weight is 427 g/mol.